The number of hydrogen-bond acceptors (Lipinski definition) is 1. The summed E-state index contributed by atoms with van der Waals surface area (Å²) in [6.45, 7) is 3.90. The van der Waals surface area contributed by atoms with Crippen molar-refractivity contribution in [3.8, 4) is 0 Å². The molecule has 0 saturated heterocycles. The molecule has 0 radical (unpaired) electrons. The van der Waals surface area contributed by atoms with Gasteiger partial charge in [-0.25, -0.2) is 0 Å². The molecule has 0 saturated carbocycles. The fraction of sp³-hybridized carbons (Fsp3) is 0.600. The van der Waals surface area contributed by atoms with Gasteiger partial charge >= 0.3 is 0 Å². The first-order chi connectivity index (χ1) is 5.83. The van der Waals surface area contributed by atoms with Gasteiger partial charge in [-0.15, -0.1) is 0 Å². The second kappa shape index (κ2) is 2.94. The molecule has 0 bridgehead atoms. The molecule has 1 aliphatic heterocycles. The number of rotatable bonds is 1. The maximum absolute atomic E-state index is 5.44. The summed E-state index contributed by atoms with van der Waals surface area (Å²) in [7, 11) is 2.13. The van der Waals surface area contributed by atoms with E-state index in [1.165, 1.54) is 16.8 Å². The molecular weight excluding hydrogens is 150 g/mol. The van der Waals surface area contributed by atoms with Gasteiger partial charge in [0.25, 0.3) is 0 Å². The smallest absolute Gasteiger partial charge is 0.0737 e. The number of aromatic nitrogens is 1. The lowest BCUT2D eigenvalue weighted by Gasteiger charge is -2.14. The van der Waals surface area contributed by atoms with Crippen LogP contribution in [0.4, 0.5) is 0 Å². The Morgan fingerprint density at radius 2 is 2.42 bits per heavy atom. The van der Waals surface area contributed by atoms with Crippen molar-refractivity contribution in [3.63, 3.8) is 0 Å². The van der Waals surface area contributed by atoms with Gasteiger partial charge in [0.1, 0.15) is 0 Å². The van der Waals surface area contributed by atoms with Gasteiger partial charge in [-0.1, -0.05) is 6.92 Å². The molecule has 2 rings (SSSR count). The van der Waals surface area contributed by atoms with E-state index in [0.717, 1.165) is 26.1 Å². The van der Waals surface area contributed by atoms with Crippen LogP contribution in [0.1, 0.15) is 23.7 Å². The maximum atomic E-state index is 5.44. The van der Waals surface area contributed by atoms with Gasteiger partial charge in [-0.2, -0.15) is 0 Å². The Labute approximate surface area is 73.1 Å². The van der Waals surface area contributed by atoms with E-state index in [2.05, 4.69) is 24.7 Å². The fourth-order valence-corrected chi connectivity index (χ4v) is 1.94. The summed E-state index contributed by atoms with van der Waals surface area (Å²) in [4.78, 5) is 0. The quantitative estimate of drug-likeness (QED) is 0.617. The average molecular weight is 165 g/mol. The molecule has 0 amide bonds. The molecule has 0 atom stereocenters. The van der Waals surface area contributed by atoms with E-state index in [1.807, 2.05) is 0 Å². The highest BCUT2D eigenvalue weighted by Crippen LogP contribution is 2.22. The van der Waals surface area contributed by atoms with E-state index in [0.29, 0.717) is 0 Å². The average Bonchev–Trinajstić information content (AvgIpc) is 2.44. The topological polar surface area (TPSA) is 14.2 Å². The Kier molecular flexibility index (Phi) is 1.93. The van der Waals surface area contributed by atoms with Crippen LogP contribution in [0.3, 0.4) is 0 Å². The lowest BCUT2D eigenvalue weighted by atomic mass is 10.1. The Balaban J connectivity index is 2.47. The van der Waals surface area contributed by atoms with Crippen LogP contribution >= 0.6 is 0 Å². The largest absolute Gasteiger partial charge is 0.376 e. The molecule has 0 aliphatic carbocycles. The summed E-state index contributed by atoms with van der Waals surface area (Å²) in [6, 6.07) is 0. The maximum Gasteiger partial charge on any atom is 0.0737 e. The number of nitrogens with zero attached hydrogens (tertiary/aromatic N) is 1. The standard InChI is InChI=1S/C10H15NO/c1-3-8-6-11(2)10-4-5-12-7-9(8)10/h6H,3-5,7H2,1-2H3. The molecule has 2 nitrogen and oxygen atoms in total. The number of ether oxygens (including phenoxy) is 1. The molecule has 2 heteroatoms. The lowest BCUT2D eigenvalue weighted by molar-refractivity contribution is 0.108. The lowest BCUT2D eigenvalue weighted by Crippen LogP contribution is -2.11. The number of fused-ring (bicyclic) bond motifs is 1. The van der Waals surface area contributed by atoms with Crippen LogP contribution in [0.2, 0.25) is 0 Å². The van der Waals surface area contributed by atoms with Crippen LogP contribution in [-0.4, -0.2) is 11.2 Å². The van der Waals surface area contributed by atoms with E-state index in [1.54, 1.807) is 0 Å². The molecular formula is C10H15NO. The van der Waals surface area contributed by atoms with Gasteiger partial charge in [-0.05, 0) is 12.0 Å². The summed E-state index contributed by atoms with van der Waals surface area (Å²) in [5.74, 6) is 0. The zero-order chi connectivity index (χ0) is 8.55. The molecule has 12 heavy (non-hydrogen) atoms. The van der Waals surface area contributed by atoms with Crippen molar-refractivity contribution in [2.24, 2.45) is 7.05 Å². The molecule has 0 fully saturated rings. The molecule has 0 spiro atoms. The summed E-state index contributed by atoms with van der Waals surface area (Å²) in [5, 5.41) is 0. The van der Waals surface area contributed by atoms with Crippen LogP contribution in [-0.2, 0) is 31.2 Å². The van der Waals surface area contributed by atoms with Crippen molar-refractivity contribution in [2.75, 3.05) is 6.61 Å². The first-order valence-electron chi connectivity index (χ1n) is 4.56. The Morgan fingerprint density at radius 3 is 3.17 bits per heavy atom. The minimum Gasteiger partial charge on any atom is -0.376 e. The molecule has 1 aromatic rings. The molecule has 1 aromatic heterocycles. The minimum atomic E-state index is 0.819. The summed E-state index contributed by atoms with van der Waals surface area (Å²) >= 11 is 0. The van der Waals surface area contributed by atoms with Crippen molar-refractivity contribution in [3.05, 3.63) is 23.0 Å². The molecule has 0 aromatic carbocycles. The van der Waals surface area contributed by atoms with Gasteiger partial charge in [0, 0.05) is 30.9 Å². The van der Waals surface area contributed by atoms with E-state index in [-0.39, 0.29) is 0 Å². The van der Waals surface area contributed by atoms with Crippen molar-refractivity contribution in [1.29, 1.82) is 0 Å². The van der Waals surface area contributed by atoms with Crippen LogP contribution in [0, 0.1) is 0 Å². The normalized spacial score (nSPS) is 16.2. The van der Waals surface area contributed by atoms with E-state index in [9.17, 15) is 0 Å². The van der Waals surface area contributed by atoms with Gasteiger partial charge in [0.2, 0.25) is 0 Å². The van der Waals surface area contributed by atoms with Crippen LogP contribution < -0.4 is 0 Å². The molecule has 66 valence electrons. The molecule has 0 unspecified atom stereocenters. The Hall–Kier alpha value is -0.760. The summed E-state index contributed by atoms with van der Waals surface area (Å²) in [5.41, 5.74) is 4.36. The monoisotopic (exact) mass is 165 g/mol. The van der Waals surface area contributed by atoms with Crippen molar-refractivity contribution in [2.45, 2.75) is 26.4 Å². The zero-order valence-electron chi connectivity index (χ0n) is 7.76. The summed E-state index contributed by atoms with van der Waals surface area (Å²) in [6.07, 6.45) is 4.43. The van der Waals surface area contributed by atoms with E-state index < -0.39 is 0 Å². The number of hydrogen-bond donors (Lipinski definition) is 0. The highest BCUT2D eigenvalue weighted by atomic mass is 16.5. The van der Waals surface area contributed by atoms with Crippen molar-refractivity contribution < 1.29 is 4.74 Å². The van der Waals surface area contributed by atoms with Gasteiger partial charge in [-0.3, -0.25) is 0 Å². The predicted octanol–water partition coefficient (Wildman–Crippen LogP) is 1.66. The van der Waals surface area contributed by atoms with Crippen LogP contribution in [0.25, 0.3) is 0 Å². The van der Waals surface area contributed by atoms with E-state index in [4.69, 9.17) is 4.74 Å². The fourth-order valence-electron chi connectivity index (χ4n) is 1.94. The highest BCUT2D eigenvalue weighted by molar-refractivity contribution is 5.33. The Bertz CT molecular complexity index is 288. The van der Waals surface area contributed by atoms with Crippen molar-refractivity contribution >= 4 is 0 Å². The van der Waals surface area contributed by atoms with Gasteiger partial charge < -0.3 is 9.30 Å². The third-order valence-corrected chi connectivity index (χ3v) is 2.62. The van der Waals surface area contributed by atoms with Gasteiger partial charge in [0.15, 0.2) is 0 Å². The molecule has 2 heterocycles. The SMILES string of the molecule is CCc1cn(C)c2c1COCC2. The Morgan fingerprint density at radius 1 is 1.58 bits per heavy atom. The third-order valence-electron chi connectivity index (χ3n) is 2.62. The molecule has 1 aliphatic rings. The first kappa shape index (κ1) is 7.87. The van der Waals surface area contributed by atoms with E-state index >= 15 is 0 Å². The van der Waals surface area contributed by atoms with Crippen molar-refractivity contribution in [1.82, 2.24) is 4.57 Å². The number of aryl methyl sites for hydroxylation is 2. The minimum absolute atomic E-state index is 0.819. The predicted molar refractivity (Wildman–Crippen MR) is 48.2 cm³/mol. The summed E-state index contributed by atoms with van der Waals surface area (Å²) < 4.78 is 7.69. The zero-order valence-corrected chi connectivity index (χ0v) is 7.76. The highest BCUT2D eigenvalue weighted by Gasteiger charge is 2.16. The van der Waals surface area contributed by atoms with Gasteiger partial charge in [0.05, 0.1) is 13.2 Å². The second-order valence-corrected chi connectivity index (χ2v) is 3.35. The molecule has 0 N–H and O–H groups in total. The second-order valence-electron chi connectivity index (χ2n) is 3.35. The first-order valence-corrected chi connectivity index (χ1v) is 4.56. The third kappa shape index (κ3) is 1.07. The van der Waals surface area contributed by atoms with Crippen LogP contribution in [0.5, 0.6) is 0 Å². The van der Waals surface area contributed by atoms with Crippen LogP contribution in [0.15, 0.2) is 6.20 Å².